The molecular formula is C12H14N2O3. The molecule has 5 nitrogen and oxygen atoms in total. The molecule has 1 rings (SSSR count). The molecule has 0 fully saturated rings. The molecule has 0 bridgehead atoms. The van der Waals surface area contributed by atoms with Gasteiger partial charge in [0.05, 0.1) is 6.42 Å². The number of hydrogen-bond donors (Lipinski definition) is 2. The molecule has 0 radical (unpaired) electrons. The topological polar surface area (TPSA) is 89.3 Å². The van der Waals surface area contributed by atoms with Gasteiger partial charge in [0.1, 0.15) is 5.78 Å². The summed E-state index contributed by atoms with van der Waals surface area (Å²) in [6.07, 6.45) is -0.180. The van der Waals surface area contributed by atoms with Gasteiger partial charge in [-0.15, -0.1) is 0 Å². The molecule has 0 saturated heterocycles. The Morgan fingerprint density at radius 2 is 1.94 bits per heavy atom. The predicted molar refractivity (Wildman–Crippen MR) is 63.6 cm³/mol. The minimum Gasteiger partial charge on any atom is -0.366 e. The predicted octanol–water partition coefficient (Wildman–Crippen LogP) is 1.01. The molecule has 0 unspecified atom stereocenters. The fourth-order valence-corrected chi connectivity index (χ4v) is 1.46. The van der Waals surface area contributed by atoms with Gasteiger partial charge in [0, 0.05) is 11.3 Å². The lowest BCUT2D eigenvalue weighted by atomic mass is 10.1. The van der Waals surface area contributed by atoms with Crippen LogP contribution in [0.2, 0.25) is 0 Å². The third-order valence-electron chi connectivity index (χ3n) is 2.28. The Labute approximate surface area is 99.0 Å². The van der Waals surface area contributed by atoms with Crippen molar-refractivity contribution < 1.29 is 14.4 Å². The summed E-state index contributed by atoms with van der Waals surface area (Å²) in [6.45, 7) is 3.02. The number of Topliss-reactive ketones (excluding diaryl/α,β-unsaturated/α-hetero) is 1. The molecule has 0 saturated carbocycles. The summed E-state index contributed by atoms with van der Waals surface area (Å²) in [6, 6.07) is 4.86. The lowest BCUT2D eigenvalue weighted by Gasteiger charge is -2.10. The van der Waals surface area contributed by atoms with Crippen LogP contribution >= 0.6 is 0 Å². The van der Waals surface area contributed by atoms with Crippen LogP contribution in [0.5, 0.6) is 0 Å². The Morgan fingerprint density at radius 3 is 2.47 bits per heavy atom. The summed E-state index contributed by atoms with van der Waals surface area (Å²) in [5.41, 5.74) is 6.63. The quantitative estimate of drug-likeness (QED) is 0.762. The number of carbonyl (C=O) groups excluding carboxylic acids is 3. The van der Waals surface area contributed by atoms with Crippen molar-refractivity contribution in [1.82, 2.24) is 0 Å². The first-order valence-corrected chi connectivity index (χ1v) is 5.10. The molecule has 0 aromatic heterocycles. The molecule has 0 atom stereocenters. The molecule has 1 aromatic carbocycles. The van der Waals surface area contributed by atoms with Gasteiger partial charge in [-0.1, -0.05) is 6.07 Å². The van der Waals surface area contributed by atoms with Gasteiger partial charge in [0.25, 0.3) is 0 Å². The second kappa shape index (κ2) is 5.25. The molecule has 17 heavy (non-hydrogen) atoms. The van der Waals surface area contributed by atoms with E-state index < -0.39 is 11.8 Å². The van der Waals surface area contributed by atoms with Crippen LogP contribution in [0.15, 0.2) is 18.2 Å². The second-order valence-electron chi connectivity index (χ2n) is 3.77. The number of rotatable bonds is 4. The maximum absolute atomic E-state index is 11.4. The third kappa shape index (κ3) is 3.41. The van der Waals surface area contributed by atoms with Crippen LogP contribution in [0.1, 0.15) is 29.3 Å². The standard InChI is InChI=1S/C12H14N2O3/c1-7(15)6-11(16)14-10-5-3-4-9(8(10)2)12(13)17/h3-5H,6H2,1-2H3,(H2,13,17)(H,14,16). The van der Waals surface area contributed by atoms with Crippen LogP contribution in [0, 0.1) is 6.92 Å². The average Bonchev–Trinajstić information content (AvgIpc) is 2.19. The normalized spacial score (nSPS) is 9.76. The van der Waals surface area contributed by atoms with E-state index in [1.165, 1.54) is 6.92 Å². The number of nitrogens with one attached hydrogen (secondary N) is 1. The summed E-state index contributed by atoms with van der Waals surface area (Å²) in [4.78, 5) is 33.3. The van der Waals surface area contributed by atoms with E-state index in [0.29, 0.717) is 16.8 Å². The highest BCUT2D eigenvalue weighted by Gasteiger charge is 2.11. The van der Waals surface area contributed by atoms with Gasteiger partial charge in [-0.2, -0.15) is 0 Å². The first kappa shape index (κ1) is 12.9. The third-order valence-corrected chi connectivity index (χ3v) is 2.28. The van der Waals surface area contributed by atoms with Crippen molar-refractivity contribution in [3.8, 4) is 0 Å². The van der Waals surface area contributed by atoms with Gasteiger partial charge in [-0.05, 0) is 31.5 Å². The maximum Gasteiger partial charge on any atom is 0.249 e. The van der Waals surface area contributed by atoms with E-state index in [4.69, 9.17) is 5.73 Å². The lowest BCUT2D eigenvalue weighted by Crippen LogP contribution is -2.18. The molecule has 0 aliphatic heterocycles. The van der Waals surface area contributed by atoms with Crippen LogP contribution < -0.4 is 11.1 Å². The van der Waals surface area contributed by atoms with E-state index in [0.717, 1.165) is 0 Å². The molecule has 0 spiro atoms. The highest BCUT2D eigenvalue weighted by Crippen LogP contribution is 2.18. The Balaban J connectivity index is 2.92. The highest BCUT2D eigenvalue weighted by atomic mass is 16.2. The number of benzene rings is 1. The molecule has 0 aliphatic carbocycles. The average molecular weight is 234 g/mol. The number of hydrogen-bond acceptors (Lipinski definition) is 3. The van der Waals surface area contributed by atoms with E-state index >= 15 is 0 Å². The first-order valence-electron chi connectivity index (χ1n) is 5.10. The van der Waals surface area contributed by atoms with Gasteiger partial charge in [-0.25, -0.2) is 0 Å². The fourth-order valence-electron chi connectivity index (χ4n) is 1.46. The van der Waals surface area contributed by atoms with Crippen LogP contribution in [0.4, 0.5) is 5.69 Å². The number of carbonyl (C=O) groups is 3. The van der Waals surface area contributed by atoms with Gasteiger partial charge in [0.2, 0.25) is 11.8 Å². The van der Waals surface area contributed by atoms with Crippen molar-refractivity contribution in [3.63, 3.8) is 0 Å². The van der Waals surface area contributed by atoms with E-state index in [-0.39, 0.29) is 12.2 Å². The second-order valence-corrected chi connectivity index (χ2v) is 3.77. The largest absolute Gasteiger partial charge is 0.366 e. The van der Waals surface area contributed by atoms with E-state index in [1.54, 1.807) is 25.1 Å². The summed E-state index contributed by atoms with van der Waals surface area (Å²) in [5, 5.41) is 2.57. The van der Waals surface area contributed by atoms with Crippen molar-refractivity contribution in [2.24, 2.45) is 5.73 Å². The Kier molecular flexibility index (Phi) is 3.98. The smallest absolute Gasteiger partial charge is 0.249 e. The van der Waals surface area contributed by atoms with Gasteiger partial charge in [-0.3, -0.25) is 14.4 Å². The van der Waals surface area contributed by atoms with E-state index in [9.17, 15) is 14.4 Å². The van der Waals surface area contributed by atoms with Crippen molar-refractivity contribution in [3.05, 3.63) is 29.3 Å². The van der Waals surface area contributed by atoms with Crippen LogP contribution in [0.3, 0.4) is 0 Å². The van der Waals surface area contributed by atoms with Crippen molar-refractivity contribution in [2.75, 3.05) is 5.32 Å². The molecule has 5 heteroatoms. The van der Waals surface area contributed by atoms with Crippen molar-refractivity contribution in [1.29, 1.82) is 0 Å². The summed E-state index contributed by atoms with van der Waals surface area (Å²) in [7, 11) is 0. The molecule has 90 valence electrons. The van der Waals surface area contributed by atoms with Crippen LogP contribution in [0.25, 0.3) is 0 Å². The minimum atomic E-state index is -0.551. The SMILES string of the molecule is CC(=O)CC(=O)Nc1cccc(C(N)=O)c1C. The molecule has 0 heterocycles. The van der Waals surface area contributed by atoms with E-state index in [1.807, 2.05) is 0 Å². The molecule has 0 aliphatic rings. The van der Waals surface area contributed by atoms with Gasteiger partial charge in [0.15, 0.2) is 0 Å². The van der Waals surface area contributed by atoms with Gasteiger partial charge >= 0.3 is 0 Å². The summed E-state index contributed by atoms with van der Waals surface area (Å²) >= 11 is 0. The van der Waals surface area contributed by atoms with Crippen molar-refractivity contribution in [2.45, 2.75) is 20.3 Å². The zero-order valence-corrected chi connectivity index (χ0v) is 9.74. The number of nitrogens with two attached hydrogens (primary N) is 1. The number of ketones is 1. The molecule has 2 amide bonds. The Morgan fingerprint density at radius 1 is 1.29 bits per heavy atom. The number of amides is 2. The monoisotopic (exact) mass is 234 g/mol. The van der Waals surface area contributed by atoms with E-state index in [2.05, 4.69) is 5.32 Å². The van der Waals surface area contributed by atoms with Crippen LogP contribution in [-0.4, -0.2) is 17.6 Å². The fraction of sp³-hybridized carbons (Fsp3) is 0.250. The minimum absolute atomic E-state index is 0.180. The molecule has 3 N–H and O–H groups in total. The highest BCUT2D eigenvalue weighted by molar-refractivity contribution is 6.04. The van der Waals surface area contributed by atoms with Gasteiger partial charge < -0.3 is 11.1 Å². The van der Waals surface area contributed by atoms with Crippen molar-refractivity contribution >= 4 is 23.3 Å². The molecular weight excluding hydrogens is 220 g/mol. The number of anilines is 1. The zero-order chi connectivity index (χ0) is 13.0. The summed E-state index contributed by atoms with van der Waals surface area (Å²) in [5.74, 6) is -1.17. The Bertz CT molecular complexity index is 481. The first-order chi connectivity index (χ1) is 7.91. The summed E-state index contributed by atoms with van der Waals surface area (Å²) < 4.78 is 0. The lowest BCUT2D eigenvalue weighted by molar-refractivity contribution is -0.124. The molecule has 1 aromatic rings. The maximum atomic E-state index is 11.4. The zero-order valence-electron chi connectivity index (χ0n) is 9.74. The number of primary amides is 1. The Hall–Kier alpha value is -2.17. The van der Waals surface area contributed by atoms with Crippen LogP contribution in [-0.2, 0) is 9.59 Å².